The van der Waals surface area contributed by atoms with Crippen LogP contribution in [0.1, 0.15) is 16.7 Å². The van der Waals surface area contributed by atoms with Crippen molar-refractivity contribution in [2.24, 2.45) is 0 Å². The van der Waals surface area contributed by atoms with E-state index in [0.29, 0.717) is 24.0 Å². The fourth-order valence-electron chi connectivity index (χ4n) is 4.38. The highest BCUT2D eigenvalue weighted by molar-refractivity contribution is 5.79. The number of aromatic amines is 1. The summed E-state index contributed by atoms with van der Waals surface area (Å²) in [6.45, 7) is 0.217. The maximum Gasteiger partial charge on any atom is 0.416 e. The van der Waals surface area contributed by atoms with E-state index in [4.69, 9.17) is 5.73 Å². The summed E-state index contributed by atoms with van der Waals surface area (Å²) in [5, 5.41) is 5.80. The van der Waals surface area contributed by atoms with Crippen molar-refractivity contribution in [3.63, 3.8) is 0 Å². The molecule has 5 N–H and O–H groups in total. The average molecular weight is 562 g/mol. The Balaban J connectivity index is 1.37. The van der Waals surface area contributed by atoms with E-state index in [2.05, 4.69) is 25.6 Å². The van der Waals surface area contributed by atoms with Gasteiger partial charge in [-0.05, 0) is 47.4 Å². The zero-order valence-electron chi connectivity index (χ0n) is 21.7. The van der Waals surface area contributed by atoms with Crippen LogP contribution in [-0.2, 0) is 30.5 Å². The van der Waals surface area contributed by atoms with Crippen molar-refractivity contribution in [3.05, 3.63) is 106 Å². The highest BCUT2D eigenvalue weighted by Gasteiger charge is 2.30. The van der Waals surface area contributed by atoms with E-state index in [0.717, 1.165) is 28.8 Å². The van der Waals surface area contributed by atoms with E-state index < -0.39 is 23.2 Å². The minimum atomic E-state index is -4.51. The van der Waals surface area contributed by atoms with Gasteiger partial charge >= 0.3 is 6.18 Å². The lowest BCUT2D eigenvalue weighted by atomic mass is 10.1. The lowest BCUT2D eigenvalue weighted by Crippen LogP contribution is -2.34. The molecule has 5 aromatic rings. The lowest BCUT2D eigenvalue weighted by molar-refractivity contribution is -0.137. The van der Waals surface area contributed by atoms with Gasteiger partial charge in [-0.25, -0.2) is 9.97 Å². The first-order valence-electron chi connectivity index (χ1n) is 12.7. The fraction of sp³-hybridized carbons (Fsp3) is 0.172. The molecular weight excluding hydrogens is 535 g/mol. The number of imidazole rings is 1. The number of alkyl halides is 3. The Morgan fingerprint density at radius 3 is 2.49 bits per heavy atom. The molecule has 0 atom stereocenters. The van der Waals surface area contributed by atoms with Crippen LogP contribution in [0.4, 0.5) is 24.9 Å². The number of nitrogens with one attached hydrogen (secondary N) is 3. The van der Waals surface area contributed by atoms with Crippen LogP contribution < -0.4 is 21.9 Å². The minimum absolute atomic E-state index is 0.0340. The van der Waals surface area contributed by atoms with Crippen LogP contribution in [0.15, 0.2) is 83.8 Å². The van der Waals surface area contributed by atoms with Gasteiger partial charge in [-0.15, -0.1) is 0 Å². The molecule has 9 nitrogen and oxygen atoms in total. The van der Waals surface area contributed by atoms with Gasteiger partial charge in [-0.2, -0.15) is 13.2 Å². The Bertz CT molecular complexity index is 1730. The molecule has 0 fully saturated rings. The maximum atomic E-state index is 13.4. The molecule has 0 aliphatic rings. The summed E-state index contributed by atoms with van der Waals surface area (Å²) in [5.74, 6) is -0.153. The summed E-state index contributed by atoms with van der Waals surface area (Å²) in [6.07, 6.45) is -2.50. The Hall–Kier alpha value is -5.13. The predicted molar refractivity (Wildman–Crippen MR) is 150 cm³/mol. The third-order valence-electron chi connectivity index (χ3n) is 6.47. The normalized spacial score (nSPS) is 11.5. The second-order valence-corrected chi connectivity index (χ2v) is 9.37. The molecule has 0 saturated heterocycles. The van der Waals surface area contributed by atoms with Crippen molar-refractivity contribution in [2.75, 3.05) is 17.6 Å². The van der Waals surface area contributed by atoms with E-state index in [1.54, 1.807) is 18.2 Å². The van der Waals surface area contributed by atoms with Crippen LogP contribution in [-0.4, -0.2) is 32.0 Å². The number of carbonyl (C=O) groups is 1. The highest BCUT2D eigenvalue weighted by Crippen LogP contribution is 2.30. The van der Waals surface area contributed by atoms with E-state index in [9.17, 15) is 22.8 Å². The number of nitrogen functional groups attached to an aromatic ring is 1. The van der Waals surface area contributed by atoms with Crippen LogP contribution >= 0.6 is 0 Å². The predicted octanol–water partition coefficient (Wildman–Crippen LogP) is 4.36. The molecule has 210 valence electrons. The second-order valence-electron chi connectivity index (χ2n) is 9.37. The van der Waals surface area contributed by atoms with Crippen molar-refractivity contribution < 1.29 is 18.0 Å². The molecule has 0 aliphatic carbocycles. The molecule has 1 amide bonds. The largest absolute Gasteiger partial charge is 0.416 e. The minimum Gasteiger partial charge on any atom is -0.369 e. The standard InChI is InChI=1S/C29H26F3N7O2/c30-29(31,32)21-9-7-20(8-10-21)24-16-36-26(34-13-12-18-4-2-1-3-5-18)27(41)39(24)17-25(40)35-15-19-6-11-22-23(14-19)38-28(33)37-22/h1-11,14,16H,12-13,15,17H2,(H,34,36)(H,35,40)(H3,33,37,38). The quantitative estimate of drug-likeness (QED) is 0.212. The molecule has 0 aliphatic heterocycles. The number of halogens is 3. The van der Waals surface area contributed by atoms with Crippen molar-refractivity contribution in [3.8, 4) is 11.3 Å². The zero-order valence-corrected chi connectivity index (χ0v) is 21.7. The second kappa shape index (κ2) is 11.5. The molecular formula is C29H26F3N7O2. The van der Waals surface area contributed by atoms with E-state index >= 15 is 0 Å². The number of hydrogen-bond donors (Lipinski definition) is 4. The number of fused-ring (bicyclic) bond motifs is 1. The Morgan fingerprint density at radius 1 is 1.00 bits per heavy atom. The number of nitrogens with zero attached hydrogens (tertiary/aromatic N) is 3. The molecule has 0 radical (unpaired) electrons. The van der Waals surface area contributed by atoms with Gasteiger partial charge in [-0.3, -0.25) is 14.2 Å². The summed E-state index contributed by atoms with van der Waals surface area (Å²) in [7, 11) is 0. The van der Waals surface area contributed by atoms with Crippen LogP contribution in [0.5, 0.6) is 0 Å². The topological polar surface area (TPSA) is 131 Å². The summed E-state index contributed by atoms with van der Waals surface area (Å²) >= 11 is 0. The van der Waals surface area contributed by atoms with Gasteiger partial charge in [-0.1, -0.05) is 48.5 Å². The zero-order chi connectivity index (χ0) is 29.0. The van der Waals surface area contributed by atoms with Crippen LogP contribution in [0, 0.1) is 0 Å². The van der Waals surface area contributed by atoms with Crippen molar-refractivity contribution >= 4 is 28.7 Å². The van der Waals surface area contributed by atoms with Gasteiger partial charge < -0.3 is 21.4 Å². The molecule has 0 spiro atoms. The van der Waals surface area contributed by atoms with Gasteiger partial charge in [0.15, 0.2) is 11.8 Å². The highest BCUT2D eigenvalue weighted by atomic mass is 19.4. The van der Waals surface area contributed by atoms with Gasteiger partial charge in [0.05, 0.1) is 28.5 Å². The van der Waals surface area contributed by atoms with E-state index in [1.165, 1.54) is 22.9 Å². The van der Waals surface area contributed by atoms with Crippen molar-refractivity contribution in [2.45, 2.75) is 25.7 Å². The first-order valence-corrected chi connectivity index (χ1v) is 12.7. The summed E-state index contributed by atoms with van der Waals surface area (Å²) in [5.41, 5.74) is 8.08. The molecule has 12 heteroatoms. The number of amides is 1. The van der Waals surface area contributed by atoms with Crippen LogP contribution in [0.25, 0.3) is 22.3 Å². The number of rotatable bonds is 9. The van der Waals surface area contributed by atoms with Gasteiger partial charge in [0, 0.05) is 13.1 Å². The SMILES string of the molecule is Nc1nc2ccc(CNC(=O)Cn3c(-c4ccc(C(F)(F)F)cc4)cnc(NCCc4ccccc4)c3=O)cc2[nH]1. The Kier molecular flexibility index (Phi) is 7.72. The summed E-state index contributed by atoms with van der Waals surface area (Å²) in [6, 6.07) is 19.4. The van der Waals surface area contributed by atoms with E-state index in [-0.39, 0.29) is 30.5 Å². The Morgan fingerprint density at radius 2 is 1.76 bits per heavy atom. The third kappa shape index (κ3) is 6.55. The maximum absolute atomic E-state index is 13.4. The smallest absolute Gasteiger partial charge is 0.369 e. The number of benzene rings is 3. The molecule has 5 rings (SSSR count). The molecule has 41 heavy (non-hydrogen) atoms. The molecule has 0 saturated carbocycles. The number of anilines is 2. The molecule has 0 unspecified atom stereocenters. The molecule has 3 aromatic carbocycles. The van der Waals surface area contributed by atoms with Crippen molar-refractivity contribution in [1.82, 2.24) is 24.8 Å². The number of hydrogen-bond acceptors (Lipinski definition) is 6. The first kappa shape index (κ1) is 27.4. The number of carbonyl (C=O) groups excluding carboxylic acids is 1. The third-order valence-corrected chi connectivity index (χ3v) is 6.47. The van der Waals surface area contributed by atoms with Gasteiger partial charge in [0.1, 0.15) is 6.54 Å². The van der Waals surface area contributed by atoms with Crippen LogP contribution in [0.2, 0.25) is 0 Å². The van der Waals surface area contributed by atoms with Crippen LogP contribution in [0.3, 0.4) is 0 Å². The lowest BCUT2D eigenvalue weighted by Gasteiger charge is -2.16. The monoisotopic (exact) mass is 561 g/mol. The summed E-state index contributed by atoms with van der Waals surface area (Å²) < 4.78 is 40.5. The molecule has 0 bridgehead atoms. The van der Waals surface area contributed by atoms with Gasteiger partial charge in [0.2, 0.25) is 5.91 Å². The van der Waals surface area contributed by atoms with Crippen molar-refractivity contribution in [1.29, 1.82) is 0 Å². The van der Waals surface area contributed by atoms with E-state index in [1.807, 2.05) is 30.3 Å². The first-order chi connectivity index (χ1) is 19.7. The molecule has 2 heterocycles. The molecule has 2 aromatic heterocycles. The number of nitrogens with two attached hydrogens (primary N) is 1. The summed E-state index contributed by atoms with van der Waals surface area (Å²) in [4.78, 5) is 37.7. The van der Waals surface area contributed by atoms with Gasteiger partial charge in [0.25, 0.3) is 5.56 Å². The number of H-pyrrole nitrogens is 1. The fourth-order valence-corrected chi connectivity index (χ4v) is 4.38. The average Bonchev–Trinajstić information content (AvgIpc) is 3.33. The Labute approximate surface area is 232 Å². The number of aromatic nitrogens is 4.